The molecular weight excluding hydrogens is 236 g/mol. The zero-order valence-corrected chi connectivity index (χ0v) is 10.3. The van der Waals surface area contributed by atoms with Crippen LogP contribution in [0.15, 0.2) is 40.3 Å². The lowest BCUT2D eigenvalue weighted by Gasteiger charge is -2.17. The first-order valence-electron chi connectivity index (χ1n) is 6.44. The number of benzene rings is 1. The molecule has 2 aliphatic carbocycles. The van der Waals surface area contributed by atoms with Crippen molar-refractivity contribution in [3.05, 3.63) is 47.0 Å². The van der Waals surface area contributed by atoms with Crippen molar-refractivity contribution < 1.29 is 4.79 Å². The van der Waals surface area contributed by atoms with E-state index in [1.54, 1.807) is 6.21 Å². The van der Waals surface area contributed by atoms with E-state index in [-0.39, 0.29) is 12.1 Å². The van der Waals surface area contributed by atoms with Gasteiger partial charge in [-0.15, -0.1) is 0 Å². The van der Waals surface area contributed by atoms with E-state index in [0.717, 1.165) is 12.7 Å². The summed E-state index contributed by atoms with van der Waals surface area (Å²) >= 11 is 0. The summed E-state index contributed by atoms with van der Waals surface area (Å²) in [5.74, 6) is 0. The van der Waals surface area contributed by atoms with Gasteiger partial charge in [-0.2, -0.15) is 0 Å². The van der Waals surface area contributed by atoms with Crippen LogP contribution in [0.4, 0.5) is 0 Å². The fourth-order valence-electron chi connectivity index (χ4n) is 3.12. The van der Waals surface area contributed by atoms with Crippen LogP contribution in [-0.4, -0.2) is 24.3 Å². The van der Waals surface area contributed by atoms with Gasteiger partial charge in [0.1, 0.15) is 17.8 Å². The Hall–Kier alpha value is -2.29. The molecule has 1 heterocycles. The molecule has 0 saturated heterocycles. The Balaban J connectivity index is 1.97. The van der Waals surface area contributed by atoms with E-state index in [2.05, 4.69) is 46.4 Å². The average Bonchev–Trinajstić information content (AvgIpc) is 2.62. The van der Waals surface area contributed by atoms with Gasteiger partial charge in [0, 0.05) is 0 Å². The maximum absolute atomic E-state index is 10.9. The Morgan fingerprint density at radius 2 is 2.21 bits per heavy atom. The minimum absolute atomic E-state index is 0.0266. The van der Waals surface area contributed by atoms with Crippen molar-refractivity contribution in [3.63, 3.8) is 0 Å². The fourth-order valence-corrected chi connectivity index (χ4v) is 3.12. The zero-order valence-electron chi connectivity index (χ0n) is 10.3. The Kier molecular flexibility index (Phi) is 2.15. The number of carbonyl (C=O) groups excluding carboxylic acids is 1. The van der Waals surface area contributed by atoms with Crippen molar-refractivity contribution in [2.24, 2.45) is 9.98 Å². The molecule has 4 rings (SSSR count). The summed E-state index contributed by atoms with van der Waals surface area (Å²) in [5.41, 5.74) is 5.38. The molecule has 1 aromatic carbocycles. The van der Waals surface area contributed by atoms with Gasteiger partial charge in [-0.1, -0.05) is 36.4 Å². The van der Waals surface area contributed by atoms with Crippen molar-refractivity contribution in [2.45, 2.75) is 18.5 Å². The second kappa shape index (κ2) is 3.85. The molecule has 0 aromatic heterocycles. The van der Waals surface area contributed by atoms with Crippen molar-refractivity contribution in [1.82, 2.24) is 0 Å². The molecular formula is C16H12N2O. The normalized spacial score (nSPS) is 26.1. The van der Waals surface area contributed by atoms with Crippen LogP contribution in [0.5, 0.6) is 0 Å². The molecule has 3 heteroatoms. The highest BCUT2D eigenvalue weighted by molar-refractivity contribution is 6.54. The Morgan fingerprint density at radius 3 is 3.11 bits per heavy atom. The van der Waals surface area contributed by atoms with Crippen LogP contribution in [-0.2, 0) is 4.79 Å². The van der Waals surface area contributed by atoms with Gasteiger partial charge in [0.15, 0.2) is 6.29 Å². The standard InChI is InChI=1S/C16H12N2O/c19-9-11-8-17-15-12-7-3-5-10-4-1-2-6-13(14(10)12)16(15)18-11/h1,3-9,15-16H,2H2. The summed E-state index contributed by atoms with van der Waals surface area (Å²) < 4.78 is 0. The van der Waals surface area contributed by atoms with Gasteiger partial charge < -0.3 is 0 Å². The minimum Gasteiger partial charge on any atom is -0.296 e. The Morgan fingerprint density at radius 1 is 1.26 bits per heavy atom. The van der Waals surface area contributed by atoms with Gasteiger partial charge in [0.05, 0.1) is 6.21 Å². The summed E-state index contributed by atoms with van der Waals surface area (Å²) in [6.07, 6.45) is 9.81. The van der Waals surface area contributed by atoms with E-state index in [0.29, 0.717) is 5.71 Å². The number of nitrogens with zero attached hydrogens (tertiary/aromatic N) is 2. The monoisotopic (exact) mass is 248 g/mol. The quantitative estimate of drug-likeness (QED) is 0.704. The number of rotatable bonds is 1. The Bertz CT molecular complexity index is 695. The summed E-state index contributed by atoms with van der Waals surface area (Å²) in [4.78, 5) is 20.0. The van der Waals surface area contributed by atoms with E-state index >= 15 is 0 Å². The lowest BCUT2D eigenvalue weighted by Crippen LogP contribution is -2.20. The molecule has 0 N–H and O–H groups in total. The van der Waals surface area contributed by atoms with Crippen molar-refractivity contribution >= 4 is 29.9 Å². The zero-order chi connectivity index (χ0) is 12.8. The first kappa shape index (κ1) is 10.6. The average molecular weight is 248 g/mol. The van der Waals surface area contributed by atoms with Gasteiger partial charge in [-0.3, -0.25) is 14.8 Å². The number of aldehydes is 1. The first-order valence-corrected chi connectivity index (χ1v) is 6.44. The molecule has 0 saturated carbocycles. The topological polar surface area (TPSA) is 41.8 Å². The number of carbonyl (C=O) groups is 1. The predicted molar refractivity (Wildman–Crippen MR) is 76.6 cm³/mol. The molecule has 1 aliphatic heterocycles. The molecule has 2 atom stereocenters. The largest absolute Gasteiger partial charge is 0.296 e. The number of hydrogen-bond donors (Lipinski definition) is 0. The van der Waals surface area contributed by atoms with E-state index in [1.807, 2.05) is 0 Å². The van der Waals surface area contributed by atoms with Crippen LogP contribution < -0.4 is 0 Å². The number of hydrogen-bond acceptors (Lipinski definition) is 3. The SMILES string of the molecule is O=CC1=NC2C3=CCC=Cc4cccc(c43)C2N=C1. The second-order valence-electron chi connectivity index (χ2n) is 4.95. The van der Waals surface area contributed by atoms with Crippen LogP contribution in [0.1, 0.15) is 29.2 Å². The maximum Gasteiger partial charge on any atom is 0.169 e. The van der Waals surface area contributed by atoms with Crippen molar-refractivity contribution in [3.8, 4) is 0 Å². The molecule has 0 radical (unpaired) electrons. The molecule has 0 spiro atoms. The molecule has 1 aromatic rings. The minimum atomic E-state index is -0.0266. The van der Waals surface area contributed by atoms with Crippen molar-refractivity contribution in [1.29, 1.82) is 0 Å². The highest BCUT2D eigenvalue weighted by atomic mass is 16.1. The Labute approximate surface area is 111 Å². The molecule has 0 bridgehead atoms. The second-order valence-corrected chi connectivity index (χ2v) is 4.95. The molecule has 0 fully saturated rings. The number of aliphatic imine (C=N–C) groups is 2. The highest BCUT2D eigenvalue weighted by Crippen LogP contribution is 2.47. The third kappa shape index (κ3) is 1.41. The third-order valence-electron chi connectivity index (χ3n) is 3.90. The van der Waals surface area contributed by atoms with Gasteiger partial charge in [0.25, 0.3) is 0 Å². The summed E-state index contributed by atoms with van der Waals surface area (Å²) in [7, 11) is 0. The van der Waals surface area contributed by atoms with E-state index in [1.165, 1.54) is 22.3 Å². The summed E-state index contributed by atoms with van der Waals surface area (Å²) in [5, 5.41) is 0. The lowest BCUT2D eigenvalue weighted by atomic mass is 10.0. The molecule has 3 aliphatic rings. The third-order valence-corrected chi connectivity index (χ3v) is 3.90. The van der Waals surface area contributed by atoms with Gasteiger partial charge >= 0.3 is 0 Å². The van der Waals surface area contributed by atoms with E-state index < -0.39 is 0 Å². The van der Waals surface area contributed by atoms with E-state index in [4.69, 9.17) is 0 Å². The molecule has 3 nitrogen and oxygen atoms in total. The number of allylic oxidation sites excluding steroid dienone is 2. The smallest absolute Gasteiger partial charge is 0.169 e. The van der Waals surface area contributed by atoms with Crippen molar-refractivity contribution in [2.75, 3.05) is 0 Å². The van der Waals surface area contributed by atoms with Gasteiger partial charge in [-0.05, 0) is 28.7 Å². The summed E-state index contributed by atoms with van der Waals surface area (Å²) in [6, 6.07) is 6.32. The van der Waals surface area contributed by atoms with E-state index in [9.17, 15) is 4.79 Å². The van der Waals surface area contributed by atoms with Crippen LogP contribution in [0.25, 0.3) is 11.6 Å². The first-order chi connectivity index (χ1) is 9.38. The number of fused-ring (bicyclic) bond motifs is 3. The van der Waals surface area contributed by atoms with Crippen LogP contribution >= 0.6 is 0 Å². The van der Waals surface area contributed by atoms with Crippen LogP contribution in [0, 0.1) is 0 Å². The molecule has 2 unspecified atom stereocenters. The van der Waals surface area contributed by atoms with Gasteiger partial charge in [-0.25, -0.2) is 0 Å². The fraction of sp³-hybridized carbons (Fsp3) is 0.188. The predicted octanol–water partition coefficient (Wildman–Crippen LogP) is 2.63. The lowest BCUT2D eigenvalue weighted by molar-refractivity contribution is -0.102. The van der Waals surface area contributed by atoms with Crippen LogP contribution in [0.2, 0.25) is 0 Å². The van der Waals surface area contributed by atoms with Gasteiger partial charge in [0.2, 0.25) is 0 Å². The van der Waals surface area contributed by atoms with Crippen LogP contribution in [0.3, 0.4) is 0 Å². The molecule has 92 valence electrons. The maximum atomic E-state index is 10.9. The highest BCUT2D eigenvalue weighted by Gasteiger charge is 2.39. The molecule has 19 heavy (non-hydrogen) atoms. The molecule has 0 amide bonds. The summed E-state index contributed by atoms with van der Waals surface area (Å²) in [6.45, 7) is 0.